The molecule has 1 aromatic heterocycles. The third kappa shape index (κ3) is 2.48. The van der Waals surface area contributed by atoms with E-state index in [0.29, 0.717) is 13.2 Å². The summed E-state index contributed by atoms with van der Waals surface area (Å²) in [6, 6.07) is -0.126. The highest BCUT2D eigenvalue weighted by molar-refractivity contribution is 5.70. The number of fused-ring (bicyclic) bond motifs is 1. The number of methoxy groups -OCH3 is 1. The lowest BCUT2D eigenvalue weighted by atomic mass is 10.2. The fraction of sp³-hybridized carbons (Fsp3) is 0.667. The van der Waals surface area contributed by atoms with Crippen LogP contribution in [0, 0.1) is 0 Å². The molecule has 1 aliphatic heterocycles. The second kappa shape index (κ2) is 4.61. The van der Waals surface area contributed by atoms with Crippen molar-refractivity contribution >= 4 is 6.09 Å². The summed E-state index contributed by atoms with van der Waals surface area (Å²) in [6.45, 7) is 6.45. The highest BCUT2D eigenvalue weighted by atomic mass is 16.6. The lowest BCUT2D eigenvalue weighted by Gasteiger charge is -2.28. The van der Waals surface area contributed by atoms with Crippen molar-refractivity contribution in [3.8, 4) is 0 Å². The summed E-state index contributed by atoms with van der Waals surface area (Å²) < 4.78 is 10.6. The van der Waals surface area contributed by atoms with E-state index in [1.807, 2.05) is 27.0 Å². The third-order valence-electron chi connectivity index (χ3n) is 2.76. The number of hydrogen-bond acceptors (Lipinski definition) is 4. The zero-order valence-electron chi connectivity index (χ0n) is 11.2. The summed E-state index contributed by atoms with van der Waals surface area (Å²) in [5, 5.41) is 6.94. The number of rotatable bonds is 2. The molecular formula is C12H19N3O3. The molecule has 18 heavy (non-hydrogen) atoms. The molecule has 0 unspecified atom stereocenters. The number of carbonyl (C=O) groups excluding carboxylic acids is 1. The third-order valence-corrected chi connectivity index (χ3v) is 2.76. The SMILES string of the molecule is COC[C@H]1c2c[nH]nc2CN1C(=O)OC(C)(C)C. The molecule has 1 aliphatic rings. The number of aromatic amines is 1. The molecule has 2 heterocycles. The maximum atomic E-state index is 12.1. The van der Waals surface area contributed by atoms with Gasteiger partial charge in [-0.1, -0.05) is 0 Å². The molecule has 0 bridgehead atoms. The number of ether oxygens (including phenoxy) is 2. The van der Waals surface area contributed by atoms with Crippen LogP contribution in [-0.4, -0.2) is 40.5 Å². The van der Waals surface area contributed by atoms with E-state index in [9.17, 15) is 4.79 Å². The highest BCUT2D eigenvalue weighted by Gasteiger charge is 2.37. The molecule has 6 heteroatoms. The number of aromatic nitrogens is 2. The van der Waals surface area contributed by atoms with Crippen LogP contribution < -0.4 is 0 Å². The second-order valence-corrected chi connectivity index (χ2v) is 5.37. The number of H-pyrrole nitrogens is 1. The Labute approximate surface area is 106 Å². The maximum absolute atomic E-state index is 12.1. The van der Waals surface area contributed by atoms with E-state index in [0.717, 1.165) is 11.3 Å². The Morgan fingerprint density at radius 2 is 2.33 bits per heavy atom. The van der Waals surface area contributed by atoms with Crippen molar-refractivity contribution in [1.29, 1.82) is 0 Å². The van der Waals surface area contributed by atoms with Crippen molar-refractivity contribution in [3.05, 3.63) is 17.5 Å². The Balaban J connectivity index is 2.14. The Hall–Kier alpha value is -1.56. The molecule has 0 saturated carbocycles. The van der Waals surface area contributed by atoms with Crippen LogP contribution in [0.4, 0.5) is 4.79 Å². The molecule has 6 nitrogen and oxygen atoms in total. The van der Waals surface area contributed by atoms with Gasteiger partial charge < -0.3 is 9.47 Å². The standard InChI is InChI=1S/C12H19N3O3/c1-12(2,3)18-11(16)15-6-9-8(5-13-14-9)10(15)7-17-4/h5,10H,6-7H2,1-4H3,(H,13,14)/t10-/m0/s1. The quantitative estimate of drug-likeness (QED) is 0.873. The van der Waals surface area contributed by atoms with Crippen LogP contribution in [-0.2, 0) is 16.0 Å². The van der Waals surface area contributed by atoms with E-state index in [1.165, 1.54) is 0 Å². The Morgan fingerprint density at radius 1 is 1.61 bits per heavy atom. The molecule has 2 rings (SSSR count). The lowest BCUT2D eigenvalue weighted by molar-refractivity contribution is 0.00754. The van der Waals surface area contributed by atoms with Crippen LogP contribution in [0.15, 0.2) is 6.20 Å². The van der Waals surface area contributed by atoms with Gasteiger partial charge in [-0.2, -0.15) is 5.10 Å². The van der Waals surface area contributed by atoms with Crippen LogP contribution in [0.2, 0.25) is 0 Å². The van der Waals surface area contributed by atoms with Crippen molar-refractivity contribution in [1.82, 2.24) is 15.1 Å². The first-order chi connectivity index (χ1) is 8.42. The van der Waals surface area contributed by atoms with Crippen molar-refractivity contribution in [3.63, 3.8) is 0 Å². The maximum Gasteiger partial charge on any atom is 0.411 e. The van der Waals surface area contributed by atoms with Gasteiger partial charge in [-0.25, -0.2) is 4.79 Å². The smallest absolute Gasteiger partial charge is 0.411 e. The number of carbonyl (C=O) groups is 1. The minimum Gasteiger partial charge on any atom is -0.444 e. The van der Waals surface area contributed by atoms with Gasteiger partial charge in [-0.05, 0) is 20.8 Å². The van der Waals surface area contributed by atoms with Gasteiger partial charge in [0, 0.05) is 18.9 Å². The Morgan fingerprint density at radius 3 is 2.94 bits per heavy atom. The van der Waals surface area contributed by atoms with Crippen LogP contribution in [0.25, 0.3) is 0 Å². The second-order valence-electron chi connectivity index (χ2n) is 5.37. The number of nitrogens with zero attached hydrogens (tertiary/aromatic N) is 2. The highest BCUT2D eigenvalue weighted by Crippen LogP contribution is 2.33. The van der Waals surface area contributed by atoms with Crippen molar-refractivity contribution in [2.75, 3.05) is 13.7 Å². The first kappa shape index (κ1) is 12.9. The van der Waals surface area contributed by atoms with Crippen LogP contribution in [0.3, 0.4) is 0 Å². The summed E-state index contributed by atoms with van der Waals surface area (Å²) in [5.41, 5.74) is 1.38. The minimum absolute atomic E-state index is 0.126. The number of hydrogen-bond donors (Lipinski definition) is 1. The zero-order valence-corrected chi connectivity index (χ0v) is 11.2. The van der Waals surface area contributed by atoms with Gasteiger partial charge in [0.15, 0.2) is 0 Å². The van der Waals surface area contributed by atoms with Gasteiger partial charge in [0.25, 0.3) is 0 Å². The average Bonchev–Trinajstić information content (AvgIpc) is 2.78. The van der Waals surface area contributed by atoms with Gasteiger partial charge in [0.1, 0.15) is 5.60 Å². The average molecular weight is 253 g/mol. The molecule has 0 fully saturated rings. The largest absolute Gasteiger partial charge is 0.444 e. The monoisotopic (exact) mass is 253 g/mol. The van der Waals surface area contributed by atoms with E-state index in [2.05, 4.69) is 10.2 Å². The molecule has 1 atom stereocenters. The van der Waals surface area contributed by atoms with Gasteiger partial charge in [-0.15, -0.1) is 0 Å². The van der Waals surface area contributed by atoms with Gasteiger partial charge in [0.05, 0.1) is 24.9 Å². The molecule has 100 valence electrons. The first-order valence-corrected chi connectivity index (χ1v) is 5.93. The molecule has 0 saturated heterocycles. The molecule has 0 spiro atoms. The predicted molar refractivity (Wildman–Crippen MR) is 65.0 cm³/mol. The minimum atomic E-state index is -0.499. The normalized spacial score (nSPS) is 18.9. The fourth-order valence-corrected chi connectivity index (χ4v) is 2.03. The van der Waals surface area contributed by atoms with Gasteiger partial charge in [-0.3, -0.25) is 10.00 Å². The molecule has 1 amide bonds. The lowest BCUT2D eigenvalue weighted by Crippen LogP contribution is -2.37. The molecule has 1 N–H and O–H groups in total. The van der Waals surface area contributed by atoms with Crippen LogP contribution >= 0.6 is 0 Å². The number of amides is 1. The topological polar surface area (TPSA) is 67.5 Å². The summed E-state index contributed by atoms with van der Waals surface area (Å²) in [5.74, 6) is 0. The van der Waals surface area contributed by atoms with E-state index >= 15 is 0 Å². The Kier molecular flexibility index (Phi) is 3.30. The Bertz CT molecular complexity index is 436. The molecule has 0 aromatic carbocycles. The van der Waals surface area contributed by atoms with Gasteiger partial charge in [0.2, 0.25) is 0 Å². The summed E-state index contributed by atoms with van der Waals surface area (Å²) >= 11 is 0. The zero-order chi connectivity index (χ0) is 13.3. The first-order valence-electron chi connectivity index (χ1n) is 5.93. The number of nitrogens with one attached hydrogen (secondary N) is 1. The van der Waals surface area contributed by atoms with Gasteiger partial charge >= 0.3 is 6.09 Å². The van der Waals surface area contributed by atoms with Crippen molar-refractivity contribution < 1.29 is 14.3 Å². The molecule has 0 radical (unpaired) electrons. The summed E-state index contributed by atoms with van der Waals surface area (Å²) in [7, 11) is 1.62. The van der Waals surface area contributed by atoms with Crippen molar-refractivity contribution in [2.45, 2.75) is 39.0 Å². The van der Waals surface area contributed by atoms with E-state index in [-0.39, 0.29) is 12.1 Å². The summed E-state index contributed by atoms with van der Waals surface area (Å²) in [4.78, 5) is 13.8. The van der Waals surface area contributed by atoms with E-state index in [4.69, 9.17) is 9.47 Å². The fourth-order valence-electron chi connectivity index (χ4n) is 2.03. The molecular weight excluding hydrogens is 234 g/mol. The van der Waals surface area contributed by atoms with Crippen LogP contribution in [0.1, 0.15) is 38.1 Å². The van der Waals surface area contributed by atoms with Crippen LogP contribution in [0.5, 0.6) is 0 Å². The van der Waals surface area contributed by atoms with E-state index in [1.54, 1.807) is 12.0 Å². The predicted octanol–water partition coefficient (Wildman–Crippen LogP) is 1.85. The van der Waals surface area contributed by atoms with E-state index < -0.39 is 5.60 Å². The summed E-state index contributed by atoms with van der Waals surface area (Å²) in [6.07, 6.45) is 1.48. The van der Waals surface area contributed by atoms with Crippen molar-refractivity contribution in [2.24, 2.45) is 0 Å². The molecule has 1 aromatic rings. The molecule has 0 aliphatic carbocycles.